The second-order valence-corrected chi connectivity index (χ2v) is 8.97. The maximum atomic E-state index is 13.1. The number of benzene rings is 1. The fourth-order valence-corrected chi connectivity index (χ4v) is 4.71. The Bertz CT molecular complexity index is 729. The average molecular weight is 346 g/mol. The first-order valence-corrected chi connectivity index (χ1v) is 10.1. The van der Waals surface area contributed by atoms with Crippen molar-refractivity contribution in [2.75, 3.05) is 17.7 Å². The number of sulfonamides is 1. The van der Waals surface area contributed by atoms with Crippen LogP contribution in [0.4, 0.5) is 5.69 Å². The molecule has 128 valence electrons. The van der Waals surface area contributed by atoms with E-state index in [-0.39, 0.29) is 23.5 Å². The first-order chi connectivity index (χ1) is 11.4. The molecule has 0 aromatic heterocycles. The van der Waals surface area contributed by atoms with Crippen LogP contribution < -0.4 is 4.90 Å². The number of para-hydroxylation sites is 1. The zero-order valence-electron chi connectivity index (χ0n) is 14.2. The van der Waals surface area contributed by atoms with Crippen LogP contribution in [0.5, 0.6) is 0 Å². The van der Waals surface area contributed by atoms with Gasteiger partial charge in [0, 0.05) is 24.3 Å². The van der Waals surface area contributed by atoms with Gasteiger partial charge in [-0.3, -0.25) is 4.79 Å². The van der Waals surface area contributed by atoms with Crippen LogP contribution >= 0.6 is 0 Å². The summed E-state index contributed by atoms with van der Waals surface area (Å²) in [5, 5.41) is 0. The van der Waals surface area contributed by atoms with Crippen LogP contribution in [0.15, 0.2) is 24.3 Å². The van der Waals surface area contributed by atoms with E-state index < -0.39 is 16.1 Å². The van der Waals surface area contributed by atoms with Crippen LogP contribution in [0.2, 0.25) is 5.82 Å². The maximum absolute atomic E-state index is 13.1. The summed E-state index contributed by atoms with van der Waals surface area (Å²) in [5.74, 6) is 0.0395. The standard InChI is InChI=1S/C17H23BN2O3S/c1-3-24(22,23)19(2)16-14-6-4-5-7-15(14)20(17(16)21)13-10-8-12(18)9-11-13/h4-7,12-13,16H,3,8-11H2,1-2H3. The molecule has 0 spiro atoms. The molecule has 1 aliphatic heterocycles. The van der Waals surface area contributed by atoms with Crippen molar-refractivity contribution in [3.8, 4) is 0 Å². The van der Waals surface area contributed by atoms with Gasteiger partial charge in [0.05, 0.1) is 13.6 Å². The van der Waals surface area contributed by atoms with Gasteiger partial charge in [0.25, 0.3) is 0 Å². The fourth-order valence-electron chi connectivity index (χ4n) is 3.77. The summed E-state index contributed by atoms with van der Waals surface area (Å²) in [6.45, 7) is 1.59. The molecule has 1 saturated carbocycles. The predicted molar refractivity (Wildman–Crippen MR) is 95.7 cm³/mol. The van der Waals surface area contributed by atoms with E-state index in [1.807, 2.05) is 29.2 Å². The number of hydrogen-bond donors (Lipinski definition) is 0. The molecule has 1 atom stereocenters. The van der Waals surface area contributed by atoms with Gasteiger partial charge in [-0.2, -0.15) is 4.31 Å². The Kier molecular flexibility index (Phi) is 4.75. The molecule has 0 bridgehead atoms. The number of nitrogens with zero attached hydrogens (tertiary/aromatic N) is 2. The Hall–Kier alpha value is -1.34. The van der Waals surface area contributed by atoms with Gasteiger partial charge < -0.3 is 4.90 Å². The molecule has 1 fully saturated rings. The van der Waals surface area contributed by atoms with Crippen LogP contribution in [0.3, 0.4) is 0 Å². The normalized spacial score (nSPS) is 27.5. The zero-order valence-corrected chi connectivity index (χ0v) is 15.0. The third kappa shape index (κ3) is 2.88. The SMILES string of the molecule is [B]C1CCC(N2C(=O)C(N(C)S(=O)(=O)CC)c3ccccc32)CC1. The highest BCUT2D eigenvalue weighted by atomic mass is 32.2. The van der Waals surface area contributed by atoms with Crippen molar-refractivity contribution in [1.82, 2.24) is 4.31 Å². The van der Waals surface area contributed by atoms with Crippen molar-refractivity contribution in [1.29, 1.82) is 0 Å². The first-order valence-electron chi connectivity index (χ1n) is 8.50. The van der Waals surface area contributed by atoms with Gasteiger partial charge in [-0.05, 0) is 25.8 Å². The molecule has 2 radical (unpaired) electrons. The molecular weight excluding hydrogens is 323 g/mol. The number of carbonyl (C=O) groups is 1. The van der Waals surface area contributed by atoms with E-state index in [1.165, 1.54) is 11.4 Å². The summed E-state index contributed by atoms with van der Waals surface area (Å²) in [6, 6.07) is 6.85. The van der Waals surface area contributed by atoms with Crippen LogP contribution in [0.25, 0.3) is 0 Å². The van der Waals surface area contributed by atoms with Crippen molar-refractivity contribution < 1.29 is 13.2 Å². The topological polar surface area (TPSA) is 57.7 Å². The highest BCUT2D eigenvalue weighted by Crippen LogP contribution is 2.43. The molecule has 24 heavy (non-hydrogen) atoms. The number of anilines is 1. The quantitative estimate of drug-likeness (QED) is 0.786. The smallest absolute Gasteiger partial charge is 0.250 e. The minimum atomic E-state index is -3.45. The average Bonchev–Trinajstić information content (AvgIpc) is 2.87. The van der Waals surface area contributed by atoms with Crippen molar-refractivity contribution in [3.05, 3.63) is 29.8 Å². The molecule has 0 saturated heterocycles. The van der Waals surface area contributed by atoms with Crippen molar-refractivity contribution >= 4 is 29.5 Å². The predicted octanol–water partition coefficient (Wildman–Crippen LogP) is 2.26. The summed E-state index contributed by atoms with van der Waals surface area (Å²) in [4.78, 5) is 14.9. The maximum Gasteiger partial charge on any atom is 0.250 e. The molecule has 1 aromatic rings. The Morgan fingerprint density at radius 2 is 1.83 bits per heavy atom. The van der Waals surface area contributed by atoms with Crippen molar-refractivity contribution in [2.45, 2.75) is 50.5 Å². The molecule has 7 heteroatoms. The Morgan fingerprint density at radius 1 is 1.21 bits per heavy atom. The van der Waals surface area contributed by atoms with E-state index in [2.05, 4.69) is 0 Å². The lowest BCUT2D eigenvalue weighted by Crippen LogP contribution is -2.44. The number of amides is 1. The number of likely N-dealkylation sites (N-methyl/N-ethyl adjacent to an activating group) is 1. The summed E-state index contributed by atoms with van der Waals surface area (Å²) in [5.41, 5.74) is 1.61. The van der Waals surface area contributed by atoms with E-state index in [0.717, 1.165) is 36.9 Å². The van der Waals surface area contributed by atoms with Crippen LogP contribution in [0.1, 0.15) is 44.2 Å². The molecule has 5 nitrogen and oxygen atoms in total. The molecule has 1 aliphatic carbocycles. The summed E-state index contributed by atoms with van der Waals surface area (Å²) < 4.78 is 25.8. The van der Waals surface area contributed by atoms with Crippen molar-refractivity contribution in [3.63, 3.8) is 0 Å². The first kappa shape index (κ1) is 17.5. The zero-order chi connectivity index (χ0) is 17.5. The molecule has 1 heterocycles. The molecular formula is C17H23BN2O3S. The minimum Gasteiger partial charge on any atom is -0.307 e. The molecule has 1 unspecified atom stereocenters. The minimum absolute atomic E-state index is 0.0201. The largest absolute Gasteiger partial charge is 0.307 e. The van der Waals surface area contributed by atoms with E-state index >= 15 is 0 Å². The third-order valence-electron chi connectivity index (χ3n) is 5.24. The van der Waals surface area contributed by atoms with Crippen LogP contribution in [0, 0.1) is 0 Å². The third-order valence-corrected chi connectivity index (χ3v) is 7.05. The number of carbonyl (C=O) groups excluding carboxylic acids is 1. The lowest BCUT2D eigenvalue weighted by atomic mass is 9.73. The molecule has 1 amide bonds. The van der Waals surface area contributed by atoms with Crippen molar-refractivity contribution in [2.24, 2.45) is 0 Å². The van der Waals surface area contributed by atoms with E-state index in [1.54, 1.807) is 6.92 Å². The molecule has 2 aliphatic rings. The van der Waals surface area contributed by atoms with E-state index in [9.17, 15) is 13.2 Å². The van der Waals surface area contributed by atoms with Gasteiger partial charge in [-0.25, -0.2) is 8.42 Å². The highest BCUT2D eigenvalue weighted by Gasteiger charge is 2.45. The second-order valence-electron chi connectivity index (χ2n) is 6.65. The summed E-state index contributed by atoms with van der Waals surface area (Å²) in [7, 11) is 4.03. The lowest BCUT2D eigenvalue weighted by molar-refractivity contribution is -0.121. The van der Waals surface area contributed by atoms with Crippen LogP contribution in [-0.4, -0.2) is 45.3 Å². The Labute approximate surface area is 145 Å². The molecule has 3 rings (SSSR count). The van der Waals surface area contributed by atoms with Gasteiger partial charge in [0.2, 0.25) is 15.9 Å². The van der Waals surface area contributed by atoms with Gasteiger partial charge in [0.1, 0.15) is 6.04 Å². The van der Waals surface area contributed by atoms with Crippen LogP contribution in [-0.2, 0) is 14.8 Å². The van der Waals surface area contributed by atoms with Gasteiger partial charge in [0.15, 0.2) is 0 Å². The second kappa shape index (κ2) is 6.52. The summed E-state index contributed by atoms with van der Waals surface area (Å²) >= 11 is 0. The van der Waals surface area contributed by atoms with Gasteiger partial charge in [-0.1, -0.05) is 36.9 Å². The Morgan fingerprint density at radius 3 is 2.46 bits per heavy atom. The number of rotatable bonds is 4. The molecule has 0 N–H and O–H groups in total. The molecule has 1 aromatic carbocycles. The number of hydrogen-bond acceptors (Lipinski definition) is 3. The Balaban J connectivity index is 1.98. The van der Waals surface area contributed by atoms with E-state index in [4.69, 9.17) is 7.85 Å². The number of fused-ring (bicyclic) bond motifs is 1. The van der Waals surface area contributed by atoms with Gasteiger partial charge >= 0.3 is 0 Å². The highest BCUT2D eigenvalue weighted by molar-refractivity contribution is 7.89. The monoisotopic (exact) mass is 346 g/mol. The lowest BCUT2D eigenvalue weighted by Gasteiger charge is -2.34. The summed E-state index contributed by atoms with van der Waals surface area (Å²) in [6.07, 6.45) is 3.51. The fraction of sp³-hybridized carbons (Fsp3) is 0.588. The van der Waals surface area contributed by atoms with Gasteiger partial charge in [-0.15, -0.1) is 0 Å². The van der Waals surface area contributed by atoms with E-state index in [0.29, 0.717) is 0 Å².